The van der Waals surface area contributed by atoms with Gasteiger partial charge in [0, 0.05) is 29.7 Å². The molecule has 0 aliphatic carbocycles. The van der Waals surface area contributed by atoms with Crippen LogP contribution in [0.5, 0.6) is 0 Å². The van der Waals surface area contributed by atoms with E-state index in [0.717, 1.165) is 16.5 Å². The lowest BCUT2D eigenvalue weighted by atomic mass is 10.1. The van der Waals surface area contributed by atoms with Crippen LogP contribution in [0, 0.1) is 10.1 Å². The first-order valence-corrected chi connectivity index (χ1v) is 7.37. The van der Waals surface area contributed by atoms with Crippen LogP contribution in [0.2, 0.25) is 0 Å². The second-order valence-corrected chi connectivity index (χ2v) is 5.30. The number of carbonyl (C=O) groups is 1. The highest BCUT2D eigenvalue weighted by molar-refractivity contribution is 5.96. The number of rotatable bonds is 6. The van der Waals surface area contributed by atoms with Gasteiger partial charge in [-0.1, -0.05) is 24.3 Å². The topological polar surface area (TPSA) is 108 Å². The average Bonchev–Trinajstić information content (AvgIpc) is 2.98. The lowest BCUT2D eigenvalue weighted by Crippen LogP contribution is -2.11. The molecule has 3 N–H and O–H groups in total. The van der Waals surface area contributed by atoms with Crippen molar-refractivity contribution >= 4 is 28.2 Å². The fourth-order valence-corrected chi connectivity index (χ4v) is 2.72. The number of hydrogen-bond donors (Lipinski definition) is 3. The van der Waals surface area contributed by atoms with Gasteiger partial charge in [0.2, 0.25) is 0 Å². The van der Waals surface area contributed by atoms with E-state index in [0.29, 0.717) is 13.0 Å². The number of aromatic nitrogens is 1. The molecular weight excluding hydrogens is 310 g/mol. The van der Waals surface area contributed by atoms with Gasteiger partial charge in [0.1, 0.15) is 5.69 Å². The molecule has 0 aliphatic rings. The Labute approximate surface area is 137 Å². The Morgan fingerprint density at radius 1 is 1.21 bits per heavy atom. The largest absolute Gasteiger partial charge is 0.478 e. The van der Waals surface area contributed by atoms with Crippen LogP contribution >= 0.6 is 0 Å². The summed E-state index contributed by atoms with van der Waals surface area (Å²) >= 11 is 0. The second kappa shape index (κ2) is 6.41. The summed E-state index contributed by atoms with van der Waals surface area (Å²) in [6, 6.07) is 11.9. The number of para-hydroxylation sites is 2. The molecular formula is C17H15N3O4. The van der Waals surface area contributed by atoms with Crippen LogP contribution < -0.4 is 5.32 Å². The number of benzene rings is 2. The van der Waals surface area contributed by atoms with Gasteiger partial charge in [-0.15, -0.1) is 0 Å². The number of nitrogens with one attached hydrogen (secondary N) is 2. The molecule has 24 heavy (non-hydrogen) atoms. The summed E-state index contributed by atoms with van der Waals surface area (Å²) < 4.78 is 0. The molecule has 1 heterocycles. The number of aromatic amines is 1. The molecule has 7 nitrogen and oxygen atoms in total. The van der Waals surface area contributed by atoms with E-state index in [2.05, 4.69) is 10.3 Å². The number of carboxylic acid groups (broad SMARTS) is 1. The SMILES string of the molecule is O=C(O)c1cccc([N+](=O)[O-])c1NCCc1c[nH]c2ccccc12. The Morgan fingerprint density at radius 3 is 2.75 bits per heavy atom. The highest BCUT2D eigenvalue weighted by Crippen LogP contribution is 2.28. The maximum Gasteiger partial charge on any atom is 0.338 e. The van der Waals surface area contributed by atoms with E-state index in [1.807, 2.05) is 30.5 Å². The van der Waals surface area contributed by atoms with Gasteiger partial charge in [-0.25, -0.2) is 4.79 Å². The quantitative estimate of drug-likeness (QED) is 0.475. The summed E-state index contributed by atoms with van der Waals surface area (Å²) in [5.74, 6) is -1.20. The standard InChI is InChI=1S/C17H15N3O4/c21-17(22)13-5-3-7-15(20(23)24)16(13)18-9-8-11-10-19-14-6-2-1-4-12(11)14/h1-7,10,18-19H,8-9H2,(H,21,22). The first kappa shape index (κ1) is 15.5. The monoisotopic (exact) mass is 325 g/mol. The molecule has 0 amide bonds. The fraction of sp³-hybridized carbons (Fsp3) is 0.118. The Hall–Kier alpha value is -3.35. The maximum absolute atomic E-state index is 11.3. The van der Waals surface area contributed by atoms with Crippen LogP contribution in [0.1, 0.15) is 15.9 Å². The van der Waals surface area contributed by atoms with Gasteiger partial charge in [0.15, 0.2) is 0 Å². The average molecular weight is 325 g/mol. The van der Waals surface area contributed by atoms with E-state index >= 15 is 0 Å². The van der Waals surface area contributed by atoms with E-state index < -0.39 is 10.9 Å². The van der Waals surface area contributed by atoms with Crippen molar-refractivity contribution in [3.8, 4) is 0 Å². The van der Waals surface area contributed by atoms with Gasteiger partial charge in [0.05, 0.1) is 10.5 Å². The summed E-state index contributed by atoms with van der Waals surface area (Å²) in [6.07, 6.45) is 2.50. The summed E-state index contributed by atoms with van der Waals surface area (Å²) in [6.45, 7) is 0.382. The Kier molecular flexibility index (Phi) is 4.15. The number of H-pyrrole nitrogens is 1. The lowest BCUT2D eigenvalue weighted by molar-refractivity contribution is -0.384. The van der Waals surface area contributed by atoms with Crippen molar-refractivity contribution in [3.63, 3.8) is 0 Å². The molecule has 0 saturated heterocycles. The number of carboxylic acids is 1. The molecule has 2 aromatic carbocycles. The minimum atomic E-state index is -1.20. The third-order valence-corrected chi connectivity index (χ3v) is 3.84. The molecule has 0 radical (unpaired) electrons. The van der Waals surface area contributed by atoms with Crippen LogP contribution in [-0.4, -0.2) is 27.5 Å². The zero-order valence-corrected chi connectivity index (χ0v) is 12.7. The molecule has 0 fully saturated rings. The predicted molar refractivity (Wildman–Crippen MR) is 90.5 cm³/mol. The van der Waals surface area contributed by atoms with Gasteiger partial charge >= 0.3 is 5.97 Å². The number of anilines is 1. The zero-order chi connectivity index (χ0) is 17.1. The normalized spacial score (nSPS) is 10.7. The van der Waals surface area contributed by atoms with E-state index in [4.69, 9.17) is 0 Å². The zero-order valence-electron chi connectivity index (χ0n) is 12.7. The Bertz CT molecular complexity index is 885. The molecule has 7 heteroatoms. The number of nitrogens with zero attached hydrogens (tertiary/aromatic N) is 1. The van der Waals surface area contributed by atoms with Gasteiger partial charge in [-0.05, 0) is 24.1 Å². The van der Waals surface area contributed by atoms with Crippen LogP contribution in [0.4, 0.5) is 11.4 Å². The smallest absolute Gasteiger partial charge is 0.338 e. The molecule has 0 spiro atoms. The fourth-order valence-electron chi connectivity index (χ4n) is 2.72. The number of hydrogen-bond acceptors (Lipinski definition) is 4. The van der Waals surface area contributed by atoms with Crippen molar-refractivity contribution in [1.82, 2.24) is 4.98 Å². The molecule has 0 unspecified atom stereocenters. The van der Waals surface area contributed by atoms with Crippen LogP contribution in [-0.2, 0) is 6.42 Å². The number of fused-ring (bicyclic) bond motifs is 1. The highest BCUT2D eigenvalue weighted by atomic mass is 16.6. The van der Waals surface area contributed by atoms with E-state index in [-0.39, 0.29) is 16.9 Å². The minimum absolute atomic E-state index is 0.0369. The number of nitro groups is 1. The van der Waals surface area contributed by atoms with Gasteiger partial charge in [-0.2, -0.15) is 0 Å². The molecule has 122 valence electrons. The maximum atomic E-state index is 11.3. The van der Waals surface area contributed by atoms with Gasteiger partial charge in [0.25, 0.3) is 5.69 Å². The van der Waals surface area contributed by atoms with Crippen molar-refractivity contribution in [1.29, 1.82) is 0 Å². The molecule has 0 saturated carbocycles. The first-order chi connectivity index (χ1) is 11.6. The van der Waals surface area contributed by atoms with Crippen LogP contribution in [0.25, 0.3) is 10.9 Å². The van der Waals surface area contributed by atoms with Crippen LogP contribution in [0.15, 0.2) is 48.7 Å². The predicted octanol–water partition coefficient (Wildman–Crippen LogP) is 3.43. The molecule has 3 aromatic rings. The van der Waals surface area contributed by atoms with E-state index in [9.17, 15) is 20.0 Å². The summed E-state index contributed by atoms with van der Waals surface area (Å²) in [5.41, 5.74) is 1.77. The summed E-state index contributed by atoms with van der Waals surface area (Å²) in [5, 5.41) is 24.4. The van der Waals surface area contributed by atoms with Crippen molar-refractivity contribution < 1.29 is 14.8 Å². The third kappa shape index (κ3) is 2.91. The number of nitro benzene ring substituents is 1. The van der Waals surface area contributed by atoms with Crippen molar-refractivity contribution in [2.75, 3.05) is 11.9 Å². The molecule has 0 atom stereocenters. The highest BCUT2D eigenvalue weighted by Gasteiger charge is 2.20. The number of aromatic carboxylic acids is 1. The van der Waals surface area contributed by atoms with Crippen molar-refractivity contribution in [2.45, 2.75) is 6.42 Å². The minimum Gasteiger partial charge on any atom is -0.478 e. The van der Waals surface area contributed by atoms with Gasteiger partial charge in [-0.3, -0.25) is 10.1 Å². The first-order valence-electron chi connectivity index (χ1n) is 7.37. The lowest BCUT2D eigenvalue weighted by Gasteiger charge is -2.09. The molecule has 3 rings (SSSR count). The molecule has 1 aromatic heterocycles. The Morgan fingerprint density at radius 2 is 2.00 bits per heavy atom. The molecule has 0 bridgehead atoms. The summed E-state index contributed by atoms with van der Waals surface area (Å²) in [4.78, 5) is 25.0. The van der Waals surface area contributed by atoms with E-state index in [1.165, 1.54) is 18.2 Å². The summed E-state index contributed by atoms with van der Waals surface area (Å²) in [7, 11) is 0. The third-order valence-electron chi connectivity index (χ3n) is 3.84. The van der Waals surface area contributed by atoms with E-state index in [1.54, 1.807) is 0 Å². The second-order valence-electron chi connectivity index (χ2n) is 5.30. The molecule has 0 aliphatic heterocycles. The van der Waals surface area contributed by atoms with Crippen LogP contribution in [0.3, 0.4) is 0 Å². The van der Waals surface area contributed by atoms with Gasteiger partial charge < -0.3 is 15.4 Å². The Balaban J connectivity index is 1.81. The van der Waals surface area contributed by atoms with Crippen molar-refractivity contribution in [2.24, 2.45) is 0 Å². The van der Waals surface area contributed by atoms with Crippen molar-refractivity contribution in [3.05, 3.63) is 69.9 Å².